The number of fused-ring (bicyclic) bond motifs is 1. The largest absolute Gasteiger partial charge is 0.497 e. The van der Waals surface area contributed by atoms with Crippen LogP contribution in [0.5, 0.6) is 5.75 Å². The van der Waals surface area contributed by atoms with Crippen molar-refractivity contribution in [3.63, 3.8) is 0 Å². The van der Waals surface area contributed by atoms with Gasteiger partial charge in [-0.05, 0) is 73.0 Å². The molecule has 0 aliphatic carbocycles. The van der Waals surface area contributed by atoms with Crippen molar-refractivity contribution in [3.8, 4) is 5.75 Å². The number of hydrogen-bond acceptors (Lipinski definition) is 6. The number of rotatable bonds is 12. The van der Waals surface area contributed by atoms with E-state index in [0.717, 1.165) is 32.6 Å². The van der Waals surface area contributed by atoms with Crippen LogP contribution in [-0.2, 0) is 16.1 Å². The summed E-state index contributed by atoms with van der Waals surface area (Å²) in [5.41, 5.74) is 2.55. The van der Waals surface area contributed by atoms with Crippen molar-refractivity contribution in [2.24, 2.45) is 0 Å². The average Bonchev–Trinajstić information content (AvgIpc) is 2.91. The fraction of sp³-hybridized carbons (Fsp3) is 0.200. The summed E-state index contributed by atoms with van der Waals surface area (Å²) in [5, 5.41) is 21.6. The number of carbonyl (C=O) groups is 2. The Labute approximate surface area is 236 Å². The number of benzene rings is 4. The van der Waals surface area contributed by atoms with E-state index >= 15 is 0 Å². The van der Waals surface area contributed by atoms with Gasteiger partial charge < -0.3 is 24.2 Å². The number of carboxylic acid groups (broad SMARTS) is 2. The second kappa shape index (κ2) is 12.8. The third-order valence-electron chi connectivity index (χ3n) is 6.25. The minimum atomic E-state index is -0.957. The minimum absolute atomic E-state index is 0.0465. The summed E-state index contributed by atoms with van der Waals surface area (Å²) < 4.78 is 6.99. The van der Waals surface area contributed by atoms with Crippen molar-refractivity contribution in [1.29, 1.82) is 0 Å². The third kappa shape index (κ3) is 7.16. The maximum atomic E-state index is 11.9. The van der Waals surface area contributed by atoms with Crippen LogP contribution in [-0.4, -0.2) is 41.8 Å². The Hall–Kier alpha value is -3.88. The average molecular weight is 565 g/mol. The number of methoxy groups -OCH3 is 1. The summed E-state index contributed by atoms with van der Waals surface area (Å²) in [6, 6.07) is 26.2. The number of halogens is 1. The van der Waals surface area contributed by atoms with E-state index in [4.69, 9.17) is 16.3 Å². The van der Waals surface area contributed by atoms with Crippen molar-refractivity contribution in [2.75, 3.05) is 22.9 Å². The van der Waals surface area contributed by atoms with Gasteiger partial charge in [0.1, 0.15) is 12.3 Å². The molecule has 0 spiro atoms. The van der Waals surface area contributed by atoms with Crippen molar-refractivity contribution in [3.05, 3.63) is 95.5 Å². The molecule has 9 heteroatoms. The van der Waals surface area contributed by atoms with E-state index in [1.165, 1.54) is 11.9 Å². The first-order valence-electron chi connectivity index (χ1n) is 12.3. The first-order chi connectivity index (χ1) is 18.7. The maximum Gasteiger partial charge on any atom is 0.324 e. The van der Waals surface area contributed by atoms with Crippen LogP contribution in [0.25, 0.3) is 10.8 Å². The molecule has 4 aromatic rings. The molecule has 0 saturated carbocycles. The molecule has 0 heterocycles. The highest BCUT2D eigenvalue weighted by Crippen LogP contribution is 2.40. The predicted octanol–water partition coefficient (Wildman–Crippen LogP) is 6.97. The van der Waals surface area contributed by atoms with Gasteiger partial charge >= 0.3 is 11.9 Å². The van der Waals surface area contributed by atoms with Gasteiger partial charge in [0.2, 0.25) is 0 Å². The van der Waals surface area contributed by atoms with Crippen LogP contribution >= 0.6 is 23.5 Å². The topological polar surface area (TPSA) is 90.3 Å². The van der Waals surface area contributed by atoms with Gasteiger partial charge in [0.05, 0.1) is 19.2 Å². The van der Waals surface area contributed by atoms with Gasteiger partial charge in [-0.2, -0.15) is 0 Å². The Morgan fingerprint density at radius 2 is 1.56 bits per heavy atom. The van der Waals surface area contributed by atoms with Crippen LogP contribution in [0.3, 0.4) is 0 Å². The molecule has 0 fully saturated rings. The highest BCUT2D eigenvalue weighted by molar-refractivity contribution is 8.00. The molecule has 4 aromatic carbocycles. The second-order valence-corrected chi connectivity index (χ2v) is 10.6. The molecule has 39 heavy (non-hydrogen) atoms. The first kappa shape index (κ1) is 28.1. The number of hydrogen-bond donors (Lipinski definition) is 2. The molecular formula is C30H29ClN2O5S. The van der Waals surface area contributed by atoms with Crippen LogP contribution in [0, 0.1) is 0 Å². The lowest BCUT2D eigenvalue weighted by atomic mass is 10.0. The van der Waals surface area contributed by atoms with Crippen molar-refractivity contribution in [1.82, 2.24) is 0 Å². The predicted molar refractivity (Wildman–Crippen MR) is 157 cm³/mol. The Morgan fingerprint density at radius 1 is 0.897 bits per heavy atom. The number of aliphatic carboxylic acids is 2. The van der Waals surface area contributed by atoms with Crippen molar-refractivity contribution >= 4 is 57.6 Å². The Balaban J connectivity index is 1.79. The molecule has 0 amide bonds. The Bertz CT molecular complexity index is 1460. The van der Waals surface area contributed by atoms with Crippen LogP contribution in [0.1, 0.15) is 18.9 Å². The summed E-state index contributed by atoms with van der Waals surface area (Å²) in [7, 11) is 1.60. The monoisotopic (exact) mass is 564 g/mol. The number of ether oxygens (including phenoxy) is 1. The molecule has 202 valence electrons. The summed E-state index contributed by atoms with van der Waals surface area (Å²) in [6.07, 6.45) is -0.0465. The van der Waals surface area contributed by atoms with Crippen LogP contribution in [0.15, 0.2) is 89.8 Å². The zero-order chi connectivity index (χ0) is 27.9. The molecule has 0 radical (unpaired) electrons. The molecule has 0 aromatic heterocycles. The normalized spacial score (nSPS) is 11.7. The lowest BCUT2D eigenvalue weighted by Crippen LogP contribution is -2.34. The molecular weight excluding hydrogens is 536 g/mol. The van der Waals surface area contributed by atoms with E-state index in [9.17, 15) is 19.8 Å². The van der Waals surface area contributed by atoms with E-state index in [1.807, 2.05) is 85.8 Å². The molecule has 0 aliphatic rings. The molecule has 1 atom stereocenters. The number of carboxylic acids is 2. The number of nitrogens with zero attached hydrogens (tertiary/aromatic N) is 2. The first-order valence-corrected chi connectivity index (χ1v) is 13.5. The summed E-state index contributed by atoms with van der Waals surface area (Å²) in [4.78, 5) is 26.4. The highest BCUT2D eigenvalue weighted by atomic mass is 35.5. The molecule has 0 saturated heterocycles. The quantitative estimate of drug-likeness (QED) is 0.178. The van der Waals surface area contributed by atoms with E-state index in [2.05, 4.69) is 4.90 Å². The fourth-order valence-electron chi connectivity index (χ4n) is 4.46. The third-order valence-corrected chi connectivity index (χ3v) is 7.52. The zero-order valence-electron chi connectivity index (χ0n) is 21.6. The van der Waals surface area contributed by atoms with Crippen molar-refractivity contribution in [2.45, 2.75) is 30.8 Å². The van der Waals surface area contributed by atoms with Crippen LogP contribution in [0.2, 0.25) is 5.02 Å². The van der Waals surface area contributed by atoms with Crippen LogP contribution < -0.4 is 13.9 Å². The molecule has 4 rings (SSSR count). The lowest BCUT2D eigenvalue weighted by Gasteiger charge is -2.33. The van der Waals surface area contributed by atoms with E-state index in [0.29, 0.717) is 17.3 Å². The Morgan fingerprint density at radius 3 is 2.18 bits per heavy atom. The lowest BCUT2D eigenvalue weighted by molar-refractivity contribution is -0.137. The summed E-state index contributed by atoms with van der Waals surface area (Å²) in [5.74, 6) is -1.13. The standard InChI is InChI=1S/C30H29ClN2O5S/c1-20(16-29(34)35)32(18-21-6-5-7-22(31)17-21)27-14-15-28(26-9-4-3-8-25(26)27)33(19-30(36)37)39-24-12-10-23(38-2)11-13-24/h3-15,17,20H,16,18-19H2,1-2H3,(H,34,35)(H,36,37)/t20-/m0/s1. The van der Waals surface area contributed by atoms with Gasteiger partial charge in [0, 0.05) is 39.0 Å². The zero-order valence-corrected chi connectivity index (χ0v) is 23.2. The van der Waals surface area contributed by atoms with Gasteiger partial charge in [-0.1, -0.05) is 48.0 Å². The van der Waals surface area contributed by atoms with Crippen molar-refractivity contribution < 1.29 is 24.5 Å². The molecule has 0 unspecified atom stereocenters. The second-order valence-electron chi connectivity index (χ2n) is 9.05. The van der Waals surface area contributed by atoms with Gasteiger partial charge in [-0.15, -0.1) is 0 Å². The van der Waals surface area contributed by atoms with E-state index in [1.54, 1.807) is 17.5 Å². The highest BCUT2D eigenvalue weighted by Gasteiger charge is 2.23. The summed E-state index contributed by atoms with van der Waals surface area (Å²) in [6.45, 7) is 2.12. The van der Waals surface area contributed by atoms with Gasteiger partial charge in [0.15, 0.2) is 0 Å². The van der Waals surface area contributed by atoms with Gasteiger partial charge in [-0.25, -0.2) is 0 Å². The van der Waals surface area contributed by atoms with Gasteiger partial charge in [-0.3, -0.25) is 9.59 Å². The van der Waals surface area contributed by atoms with E-state index in [-0.39, 0.29) is 19.0 Å². The van der Waals surface area contributed by atoms with Crippen LogP contribution in [0.4, 0.5) is 11.4 Å². The maximum absolute atomic E-state index is 11.9. The smallest absolute Gasteiger partial charge is 0.324 e. The SMILES string of the molecule is COc1ccc(SN(CC(=O)O)c2ccc(N(Cc3cccc(Cl)c3)[C@@H](C)CC(=O)O)c3ccccc23)cc1. The summed E-state index contributed by atoms with van der Waals surface area (Å²) >= 11 is 7.57. The molecule has 0 aliphatic heterocycles. The molecule has 0 bridgehead atoms. The van der Waals surface area contributed by atoms with E-state index < -0.39 is 11.9 Å². The van der Waals surface area contributed by atoms with Gasteiger partial charge in [0.25, 0.3) is 0 Å². The molecule has 7 nitrogen and oxygen atoms in total. The molecule has 2 N–H and O–H groups in total. The number of anilines is 2. The minimum Gasteiger partial charge on any atom is -0.497 e. The Kier molecular flexibility index (Phi) is 9.22. The fourth-order valence-corrected chi connectivity index (χ4v) is 5.62.